The maximum Gasteiger partial charge on any atom is 0.255 e. The van der Waals surface area contributed by atoms with Crippen molar-refractivity contribution in [3.63, 3.8) is 0 Å². The number of hydrogen-bond acceptors (Lipinski definition) is 8. The monoisotopic (exact) mass is 442 g/mol. The van der Waals surface area contributed by atoms with Crippen LogP contribution in [0.5, 0.6) is 0 Å². The number of H-pyrrole nitrogens is 1. The van der Waals surface area contributed by atoms with Crippen molar-refractivity contribution in [3.8, 4) is 5.69 Å². The second-order valence-electron chi connectivity index (χ2n) is 7.40. The van der Waals surface area contributed by atoms with Crippen molar-refractivity contribution in [2.45, 2.75) is 26.7 Å². The summed E-state index contributed by atoms with van der Waals surface area (Å²) < 4.78 is 21.0. The molecule has 168 valence electrons. The molecule has 0 radical (unpaired) electrons. The van der Waals surface area contributed by atoms with Crippen LogP contribution in [0.3, 0.4) is 0 Å². The van der Waals surface area contributed by atoms with E-state index in [1.807, 2.05) is 4.90 Å². The van der Waals surface area contributed by atoms with Crippen molar-refractivity contribution in [1.82, 2.24) is 30.2 Å². The van der Waals surface area contributed by atoms with Crippen molar-refractivity contribution < 1.29 is 13.9 Å². The fourth-order valence-electron chi connectivity index (χ4n) is 3.48. The highest BCUT2D eigenvalue weighted by atomic mass is 19.1. The van der Waals surface area contributed by atoms with Crippen LogP contribution in [0.15, 0.2) is 23.0 Å². The summed E-state index contributed by atoms with van der Waals surface area (Å²) in [5.41, 5.74) is 1.23. The van der Waals surface area contributed by atoms with Gasteiger partial charge in [0.1, 0.15) is 5.82 Å². The number of aryl methyl sites for hydroxylation is 2. The van der Waals surface area contributed by atoms with Gasteiger partial charge in [0.15, 0.2) is 5.82 Å². The molecule has 0 spiro atoms. The van der Waals surface area contributed by atoms with Crippen molar-refractivity contribution >= 4 is 17.5 Å². The molecule has 11 nitrogen and oxygen atoms in total. The molecule has 32 heavy (non-hydrogen) atoms. The number of ether oxygens (including phenoxy) is 1. The predicted octanol–water partition coefficient (Wildman–Crippen LogP) is 0.909. The standard InChI is InChI=1S/C20H23FN8O3/c1-12-15(19(31)24-20(22-12)28-7-9-32-10-8-28)4-6-18(30)23-17-11-14(3-5-16(17)21)29-13(2)25-26-27-29/h3,5,11H,4,6-10H2,1-2H3,(H,23,30)(H,22,24,31). The second kappa shape index (κ2) is 9.22. The third kappa shape index (κ3) is 4.64. The number of hydrogen-bond donors (Lipinski definition) is 2. The molecule has 1 aliphatic rings. The number of amides is 1. The second-order valence-corrected chi connectivity index (χ2v) is 7.40. The summed E-state index contributed by atoms with van der Waals surface area (Å²) >= 11 is 0. The number of rotatable bonds is 6. The first-order valence-corrected chi connectivity index (χ1v) is 10.2. The zero-order chi connectivity index (χ0) is 22.7. The van der Waals surface area contributed by atoms with E-state index in [1.54, 1.807) is 13.8 Å². The van der Waals surface area contributed by atoms with Gasteiger partial charge >= 0.3 is 0 Å². The Kier molecular flexibility index (Phi) is 6.21. The summed E-state index contributed by atoms with van der Waals surface area (Å²) in [4.78, 5) is 34.3. The number of benzene rings is 1. The maximum atomic E-state index is 14.2. The van der Waals surface area contributed by atoms with Gasteiger partial charge in [-0.1, -0.05) is 0 Å². The van der Waals surface area contributed by atoms with E-state index >= 15 is 0 Å². The molecule has 2 aromatic heterocycles. The first-order chi connectivity index (χ1) is 15.4. The molecule has 3 heterocycles. The smallest absolute Gasteiger partial charge is 0.255 e. The minimum Gasteiger partial charge on any atom is -0.378 e. The molecule has 4 rings (SSSR count). The molecule has 0 atom stereocenters. The molecule has 1 fully saturated rings. The van der Waals surface area contributed by atoms with Gasteiger partial charge in [0, 0.05) is 30.8 Å². The number of tetrazole rings is 1. The van der Waals surface area contributed by atoms with Crippen LogP contribution in [0, 0.1) is 19.7 Å². The van der Waals surface area contributed by atoms with Gasteiger partial charge in [0.2, 0.25) is 11.9 Å². The molecule has 3 aromatic rings. The van der Waals surface area contributed by atoms with Crippen LogP contribution >= 0.6 is 0 Å². The van der Waals surface area contributed by atoms with Crippen LogP contribution in [-0.4, -0.2) is 62.4 Å². The van der Waals surface area contributed by atoms with Crippen LogP contribution < -0.4 is 15.8 Å². The third-order valence-electron chi connectivity index (χ3n) is 5.22. The van der Waals surface area contributed by atoms with Gasteiger partial charge in [0.25, 0.3) is 5.56 Å². The molecule has 1 aliphatic heterocycles. The number of morpholine rings is 1. The molecule has 12 heteroatoms. The lowest BCUT2D eigenvalue weighted by atomic mass is 10.1. The van der Waals surface area contributed by atoms with Crippen molar-refractivity contribution in [1.29, 1.82) is 0 Å². The average molecular weight is 442 g/mol. The number of anilines is 2. The van der Waals surface area contributed by atoms with E-state index in [-0.39, 0.29) is 24.1 Å². The Labute approximate surface area is 182 Å². The van der Waals surface area contributed by atoms with Gasteiger partial charge in [-0.15, -0.1) is 5.10 Å². The van der Waals surface area contributed by atoms with Gasteiger partial charge in [-0.25, -0.2) is 9.37 Å². The van der Waals surface area contributed by atoms with Gasteiger partial charge in [0.05, 0.1) is 24.6 Å². The Balaban J connectivity index is 1.43. The highest BCUT2D eigenvalue weighted by molar-refractivity contribution is 5.91. The summed E-state index contributed by atoms with van der Waals surface area (Å²) in [6, 6.07) is 4.20. The zero-order valence-corrected chi connectivity index (χ0v) is 17.8. The number of carbonyl (C=O) groups excluding carboxylic acids is 1. The molecule has 1 saturated heterocycles. The topological polar surface area (TPSA) is 131 Å². The molecule has 0 unspecified atom stereocenters. The molecular weight excluding hydrogens is 419 g/mol. The summed E-state index contributed by atoms with van der Waals surface area (Å²) in [6.07, 6.45) is 0.173. The number of aromatic nitrogens is 6. The maximum absolute atomic E-state index is 14.2. The Bertz CT molecular complexity index is 1190. The van der Waals surface area contributed by atoms with Crippen molar-refractivity contribution in [2.24, 2.45) is 0 Å². The number of carbonyl (C=O) groups is 1. The van der Waals surface area contributed by atoms with E-state index in [2.05, 4.69) is 30.8 Å². The fourth-order valence-corrected chi connectivity index (χ4v) is 3.48. The Morgan fingerprint density at radius 2 is 2.06 bits per heavy atom. The predicted molar refractivity (Wildman–Crippen MR) is 113 cm³/mol. The van der Waals surface area contributed by atoms with E-state index < -0.39 is 11.7 Å². The van der Waals surface area contributed by atoms with E-state index in [1.165, 1.54) is 22.9 Å². The number of halogens is 1. The lowest BCUT2D eigenvalue weighted by Crippen LogP contribution is -2.38. The van der Waals surface area contributed by atoms with E-state index in [4.69, 9.17) is 4.74 Å². The van der Waals surface area contributed by atoms with Crippen LogP contribution in [-0.2, 0) is 16.0 Å². The van der Waals surface area contributed by atoms with Gasteiger partial charge in [-0.05, 0) is 48.9 Å². The van der Waals surface area contributed by atoms with Crippen LogP contribution in [0.1, 0.15) is 23.5 Å². The number of aromatic amines is 1. The average Bonchev–Trinajstić information content (AvgIpc) is 3.21. The summed E-state index contributed by atoms with van der Waals surface area (Å²) in [6.45, 7) is 5.91. The lowest BCUT2D eigenvalue weighted by molar-refractivity contribution is -0.116. The Morgan fingerprint density at radius 1 is 1.28 bits per heavy atom. The van der Waals surface area contributed by atoms with Crippen molar-refractivity contribution in [3.05, 3.63) is 51.5 Å². The lowest BCUT2D eigenvalue weighted by Gasteiger charge is -2.27. The molecule has 0 saturated carbocycles. The van der Waals surface area contributed by atoms with E-state index in [0.29, 0.717) is 55.0 Å². The van der Waals surface area contributed by atoms with Gasteiger partial charge in [-0.2, -0.15) is 4.68 Å². The first kappa shape index (κ1) is 21.6. The summed E-state index contributed by atoms with van der Waals surface area (Å²) in [7, 11) is 0. The molecule has 2 N–H and O–H groups in total. The Hall–Kier alpha value is -3.67. The Morgan fingerprint density at radius 3 is 2.75 bits per heavy atom. The largest absolute Gasteiger partial charge is 0.378 e. The van der Waals surface area contributed by atoms with Crippen LogP contribution in [0.4, 0.5) is 16.0 Å². The molecule has 0 bridgehead atoms. The normalized spacial score (nSPS) is 13.9. The molecular formula is C20H23FN8O3. The zero-order valence-electron chi connectivity index (χ0n) is 17.8. The molecule has 1 aromatic carbocycles. The van der Waals surface area contributed by atoms with Gasteiger partial charge in [-0.3, -0.25) is 14.6 Å². The van der Waals surface area contributed by atoms with E-state index in [0.717, 1.165) is 0 Å². The van der Waals surface area contributed by atoms with Crippen LogP contribution in [0.25, 0.3) is 5.69 Å². The molecule has 1 amide bonds. The first-order valence-electron chi connectivity index (χ1n) is 10.2. The van der Waals surface area contributed by atoms with Crippen molar-refractivity contribution in [2.75, 3.05) is 36.5 Å². The number of nitrogens with one attached hydrogen (secondary N) is 2. The molecule has 0 aliphatic carbocycles. The summed E-state index contributed by atoms with van der Waals surface area (Å²) in [5.74, 6) is 0.0151. The minimum atomic E-state index is -0.585. The highest BCUT2D eigenvalue weighted by Crippen LogP contribution is 2.20. The van der Waals surface area contributed by atoms with Gasteiger partial charge < -0.3 is 15.0 Å². The third-order valence-corrected chi connectivity index (χ3v) is 5.22. The SMILES string of the molecule is Cc1nc(N2CCOCC2)[nH]c(=O)c1CCC(=O)Nc1cc(-n2nnnc2C)ccc1F. The fraction of sp³-hybridized carbons (Fsp3) is 0.400. The number of nitrogens with zero attached hydrogens (tertiary/aromatic N) is 6. The van der Waals surface area contributed by atoms with E-state index in [9.17, 15) is 14.0 Å². The minimum absolute atomic E-state index is 0.00389. The summed E-state index contributed by atoms with van der Waals surface area (Å²) in [5, 5.41) is 13.7. The van der Waals surface area contributed by atoms with Crippen LogP contribution in [0.2, 0.25) is 0 Å². The quantitative estimate of drug-likeness (QED) is 0.576. The highest BCUT2D eigenvalue weighted by Gasteiger charge is 2.17.